The summed E-state index contributed by atoms with van der Waals surface area (Å²) in [6.45, 7) is 4.35. The zero-order valence-electron chi connectivity index (χ0n) is 11.6. The van der Waals surface area contributed by atoms with Gasteiger partial charge in [0, 0.05) is 28.8 Å². The van der Waals surface area contributed by atoms with Gasteiger partial charge in [-0.25, -0.2) is 0 Å². The van der Waals surface area contributed by atoms with E-state index in [0.29, 0.717) is 18.1 Å². The summed E-state index contributed by atoms with van der Waals surface area (Å²) in [7, 11) is 0. The highest BCUT2D eigenvalue weighted by Crippen LogP contribution is 2.38. The van der Waals surface area contributed by atoms with E-state index in [2.05, 4.69) is 45.4 Å². The van der Waals surface area contributed by atoms with Gasteiger partial charge in [0.15, 0.2) is 0 Å². The third kappa shape index (κ3) is 2.47. The molecule has 2 aliphatic rings. The number of hydrogen-bond donors (Lipinski definition) is 0. The number of nitrogens with zero attached hydrogens (tertiary/aromatic N) is 2. The summed E-state index contributed by atoms with van der Waals surface area (Å²) in [6.07, 6.45) is 7.95. The zero-order chi connectivity index (χ0) is 13.6. The van der Waals surface area contributed by atoms with Crippen LogP contribution < -0.4 is 0 Å². The van der Waals surface area contributed by atoms with E-state index < -0.39 is 0 Å². The van der Waals surface area contributed by atoms with Gasteiger partial charge in [-0.15, -0.1) is 0 Å². The van der Waals surface area contributed by atoms with Crippen LogP contribution >= 0.6 is 15.9 Å². The maximum absolute atomic E-state index is 12.9. The molecular formula is C15H21BrN2O. The summed E-state index contributed by atoms with van der Waals surface area (Å²) in [6, 6.07) is 3.24. The minimum absolute atomic E-state index is 0.206. The first kappa shape index (κ1) is 13.2. The number of likely N-dealkylation sites (tertiary alicyclic amines) is 1. The Morgan fingerprint density at radius 2 is 1.84 bits per heavy atom. The fourth-order valence-electron chi connectivity index (χ4n) is 3.23. The molecule has 1 amide bonds. The quantitative estimate of drug-likeness (QED) is 0.807. The largest absolute Gasteiger partial charge is 0.339 e. The number of carbonyl (C=O) groups is 1. The molecule has 2 fully saturated rings. The fourth-order valence-corrected chi connectivity index (χ4v) is 3.66. The van der Waals surface area contributed by atoms with Crippen LogP contribution in [0.4, 0.5) is 0 Å². The molecule has 0 aromatic carbocycles. The summed E-state index contributed by atoms with van der Waals surface area (Å²) in [5.74, 6) is 0.206. The van der Waals surface area contributed by atoms with Gasteiger partial charge in [0.2, 0.25) is 0 Å². The van der Waals surface area contributed by atoms with Gasteiger partial charge in [-0.2, -0.15) is 0 Å². The second kappa shape index (κ2) is 4.97. The molecule has 3 rings (SSSR count). The van der Waals surface area contributed by atoms with Gasteiger partial charge >= 0.3 is 0 Å². The SMILES string of the molecule is CC1CCCC(C)N1C(=O)c1cc(Br)cn1C1CC1. The summed E-state index contributed by atoms with van der Waals surface area (Å²) in [5.41, 5.74) is 0.856. The Kier molecular flexibility index (Phi) is 3.46. The third-order valence-corrected chi connectivity index (χ3v) is 4.84. The molecule has 2 heterocycles. The highest BCUT2D eigenvalue weighted by atomic mass is 79.9. The van der Waals surface area contributed by atoms with Crippen molar-refractivity contribution in [3.8, 4) is 0 Å². The average molecular weight is 325 g/mol. The van der Waals surface area contributed by atoms with Crippen molar-refractivity contribution < 1.29 is 4.79 Å². The predicted octanol–water partition coefficient (Wildman–Crippen LogP) is 3.99. The second-order valence-corrected chi connectivity index (χ2v) is 6.94. The molecule has 104 valence electrons. The van der Waals surface area contributed by atoms with Crippen molar-refractivity contribution in [1.29, 1.82) is 0 Å². The van der Waals surface area contributed by atoms with Crippen molar-refractivity contribution in [2.45, 2.75) is 64.1 Å². The molecule has 19 heavy (non-hydrogen) atoms. The van der Waals surface area contributed by atoms with E-state index in [1.807, 2.05) is 6.07 Å². The lowest BCUT2D eigenvalue weighted by molar-refractivity contribution is 0.0499. The molecule has 2 atom stereocenters. The lowest BCUT2D eigenvalue weighted by Gasteiger charge is -2.39. The number of halogens is 1. The highest BCUT2D eigenvalue weighted by Gasteiger charge is 2.34. The molecule has 1 saturated heterocycles. The number of carbonyl (C=O) groups excluding carboxylic acids is 1. The number of aromatic nitrogens is 1. The van der Waals surface area contributed by atoms with Crippen LogP contribution in [0, 0.1) is 0 Å². The lowest BCUT2D eigenvalue weighted by atomic mass is 9.97. The fraction of sp³-hybridized carbons (Fsp3) is 0.667. The minimum atomic E-state index is 0.206. The summed E-state index contributed by atoms with van der Waals surface area (Å²) in [4.78, 5) is 15.0. The van der Waals surface area contributed by atoms with Crippen molar-refractivity contribution in [2.24, 2.45) is 0 Å². The number of rotatable bonds is 2. The molecule has 0 N–H and O–H groups in total. The van der Waals surface area contributed by atoms with Crippen LogP contribution in [-0.4, -0.2) is 27.5 Å². The van der Waals surface area contributed by atoms with E-state index in [9.17, 15) is 4.79 Å². The van der Waals surface area contributed by atoms with E-state index in [1.165, 1.54) is 19.3 Å². The molecule has 1 aromatic rings. The first-order valence-corrected chi connectivity index (χ1v) is 8.07. The van der Waals surface area contributed by atoms with Gasteiger partial charge in [-0.3, -0.25) is 4.79 Å². The molecule has 0 spiro atoms. The van der Waals surface area contributed by atoms with Crippen LogP contribution in [0.3, 0.4) is 0 Å². The Labute approximate surface area is 123 Å². The molecular weight excluding hydrogens is 304 g/mol. The van der Waals surface area contributed by atoms with Gasteiger partial charge in [0.25, 0.3) is 5.91 Å². The smallest absolute Gasteiger partial charge is 0.271 e. The maximum Gasteiger partial charge on any atom is 0.271 e. The van der Waals surface area contributed by atoms with Crippen molar-refractivity contribution >= 4 is 21.8 Å². The summed E-state index contributed by atoms with van der Waals surface area (Å²) in [5, 5.41) is 0. The number of piperidine rings is 1. The van der Waals surface area contributed by atoms with Crippen LogP contribution in [0.5, 0.6) is 0 Å². The van der Waals surface area contributed by atoms with E-state index in [-0.39, 0.29) is 5.91 Å². The molecule has 1 saturated carbocycles. The monoisotopic (exact) mass is 324 g/mol. The van der Waals surface area contributed by atoms with Crippen LogP contribution in [0.15, 0.2) is 16.7 Å². The van der Waals surface area contributed by atoms with Crippen LogP contribution in [0.2, 0.25) is 0 Å². The number of amides is 1. The minimum Gasteiger partial charge on any atom is -0.339 e. The Hall–Kier alpha value is -0.770. The maximum atomic E-state index is 12.9. The predicted molar refractivity (Wildman–Crippen MR) is 79.3 cm³/mol. The normalized spacial score (nSPS) is 27.6. The number of hydrogen-bond acceptors (Lipinski definition) is 1. The molecule has 3 nitrogen and oxygen atoms in total. The first-order chi connectivity index (χ1) is 9.08. The van der Waals surface area contributed by atoms with Gasteiger partial charge in [0.1, 0.15) is 5.69 Å². The second-order valence-electron chi connectivity index (χ2n) is 6.02. The Morgan fingerprint density at radius 3 is 2.42 bits per heavy atom. The van der Waals surface area contributed by atoms with Crippen LogP contribution in [0.1, 0.15) is 62.5 Å². The third-order valence-electron chi connectivity index (χ3n) is 4.40. The highest BCUT2D eigenvalue weighted by molar-refractivity contribution is 9.10. The average Bonchev–Trinajstić information content (AvgIpc) is 3.12. The van der Waals surface area contributed by atoms with Gasteiger partial charge in [-0.05, 0) is 67.9 Å². The Bertz CT molecular complexity index is 482. The van der Waals surface area contributed by atoms with Crippen molar-refractivity contribution in [2.75, 3.05) is 0 Å². The van der Waals surface area contributed by atoms with Gasteiger partial charge in [0.05, 0.1) is 0 Å². The molecule has 4 heteroatoms. The van der Waals surface area contributed by atoms with E-state index in [4.69, 9.17) is 0 Å². The topological polar surface area (TPSA) is 25.2 Å². The molecule has 2 unspecified atom stereocenters. The van der Waals surface area contributed by atoms with E-state index >= 15 is 0 Å². The summed E-state index contributed by atoms with van der Waals surface area (Å²) < 4.78 is 3.18. The lowest BCUT2D eigenvalue weighted by Crippen LogP contribution is -2.48. The molecule has 1 aliphatic heterocycles. The molecule has 0 radical (unpaired) electrons. The molecule has 0 bridgehead atoms. The van der Waals surface area contributed by atoms with Gasteiger partial charge < -0.3 is 9.47 Å². The van der Waals surface area contributed by atoms with Crippen LogP contribution in [0.25, 0.3) is 0 Å². The van der Waals surface area contributed by atoms with Crippen LogP contribution in [-0.2, 0) is 0 Å². The van der Waals surface area contributed by atoms with E-state index in [1.54, 1.807) is 0 Å². The Balaban J connectivity index is 1.90. The standard InChI is InChI=1S/C15H21BrN2O/c1-10-4-3-5-11(2)18(10)15(19)14-8-12(16)9-17(14)13-6-7-13/h8-11,13H,3-7H2,1-2H3. The van der Waals surface area contributed by atoms with E-state index in [0.717, 1.165) is 23.0 Å². The summed E-state index contributed by atoms with van der Waals surface area (Å²) >= 11 is 3.51. The first-order valence-electron chi connectivity index (χ1n) is 7.28. The Morgan fingerprint density at radius 1 is 1.21 bits per heavy atom. The zero-order valence-corrected chi connectivity index (χ0v) is 13.2. The van der Waals surface area contributed by atoms with Crippen molar-refractivity contribution in [3.63, 3.8) is 0 Å². The van der Waals surface area contributed by atoms with Gasteiger partial charge in [-0.1, -0.05) is 0 Å². The van der Waals surface area contributed by atoms with Crippen molar-refractivity contribution in [3.05, 3.63) is 22.4 Å². The van der Waals surface area contributed by atoms with Crippen molar-refractivity contribution in [1.82, 2.24) is 9.47 Å². The molecule has 1 aliphatic carbocycles. The molecule has 1 aromatic heterocycles.